The smallest absolute Gasteiger partial charge is 0.173 e. The van der Waals surface area contributed by atoms with Crippen LogP contribution in [0, 0.1) is 0 Å². The summed E-state index contributed by atoms with van der Waals surface area (Å²) in [7, 11) is 0. The van der Waals surface area contributed by atoms with E-state index >= 15 is 0 Å². The number of hydrogen-bond acceptors (Lipinski definition) is 1. The van der Waals surface area contributed by atoms with Gasteiger partial charge >= 0.3 is 0 Å². The van der Waals surface area contributed by atoms with Gasteiger partial charge in [-0.25, -0.2) is 0 Å². The zero-order valence-electron chi connectivity index (χ0n) is 11.4. The third-order valence-electron chi connectivity index (χ3n) is 3.29. The molecule has 0 aliphatic rings. The Morgan fingerprint density at radius 3 is 2.15 bits per heavy atom. The lowest BCUT2D eigenvalue weighted by atomic mass is 10.1. The Kier molecular flexibility index (Phi) is 3.55. The molecule has 20 heavy (non-hydrogen) atoms. The SMILES string of the molecule is C[C@@H](Oc1ccccc1)n1cccc1-c1ccccc1. The minimum atomic E-state index is -0.0531. The van der Waals surface area contributed by atoms with Gasteiger partial charge in [0, 0.05) is 6.20 Å². The summed E-state index contributed by atoms with van der Waals surface area (Å²) in [5, 5.41) is 0. The molecule has 2 heteroatoms. The van der Waals surface area contributed by atoms with Crippen molar-refractivity contribution in [3.05, 3.63) is 79.0 Å². The summed E-state index contributed by atoms with van der Waals surface area (Å²) < 4.78 is 8.13. The Bertz CT molecular complexity index is 658. The molecule has 1 heterocycles. The number of hydrogen-bond donors (Lipinski definition) is 0. The summed E-state index contributed by atoms with van der Waals surface area (Å²) in [6, 6.07) is 24.4. The Morgan fingerprint density at radius 2 is 1.45 bits per heavy atom. The maximum Gasteiger partial charge on any atom is 0.173 e. The molecule has 0 fully saturated rings. The molecule has 0 N–H and O–H groups in total. The molecule has 0 unspecified atom stereocenters. The summed E-state index contributed by atoms with van der Waals surface area (Å²) in [4.78, 5) is 0. The van der Waals surface area contributed by atoms with Gasteiger partial charge in [0.2, 0.25) is 0 Å². The molecule has 3 rings (SSSR count). The molecule has 1 aromatic heterocycles. The number of para-hydroxylation sites is 1. The molecular weight excluding hydrogens is 246 g/mol. The van der Waals surface area contributed by atoms with Gasteiger partial charge in [-0.05, 0) is 36.8 Å². The third kappa shape index (κ3) is 2.59. The molecule has 0 saturated heterocycles. The second-order valence-corrected chi connectivity index (χ2v) is 4.70. The van der Waals surface area contributed by atoms with E-state index in [1.165, 1.54) is 5.56 Å². The van der Waals surface area contributed by atoms with Gasteiger partial charge < -0.3 is 9.30 Å². The molecular formula is C18H17NO. The molecule has 0 saturated carbocycles. The normalized spacial score (nSPS) is 12.1. The Labute approximate surface area is 119 Å². The van der Waals surface area contributed by atoms with Crippen molar-refractivity contribution in [2.24, 2.45) is 0 Å². The van der Waals surface area contributed by atoms with Gasteiger partial charge in [0.25, 0.3) is 0 Å². The summed E-state index contributed by atoms with van der Waals surface area (Å²) in [6.45, 7) is 2.06. The number of benzene rings is 2. The van der Waals surface area contributed by atoms with Crippen LogP contribution in [0.2, 0.25) is 0 Å². The molecule has 100 valence electrons. The van der Waals surface area contributed by atoms with Gasteiger partial charge in [-0.1, -0.05) is 48.5 Å². The van der Waals surface area contributed by atoms with Crippen LogP contribution in [-0.4, -0.2) is 4.57 Å². The first-order valence-corrected chi connectivity index (χ1v) is 6.78. The van der Waals surface area contributed by atoms with E-state index in [4.69, 9.17) is 4.74 Å². The highest BCUT2D eigenvalue weighted by atomic mass is 16.5. The zero-order chi connectivity index (χ0) is 13.8. The van der Waals surface area contributed by atoms with E-state index in [1.807, 2.05) is 42.5 Å². The van der Waals surface area contributed by atoms with E-state index in [9.17, 15) is 0 Å². The lowest BCUT2D eigenvalue weighted by Crippen LogP contribution is -2.12. The van der Waals surface area contributed by atoms with Crippen LogP contribution in [0.25, 0.3) is 11.3 Å². The summed E-state index contributed by atoms with van der Waals surface area (Å²) in [5.74, 6) is 0.882. The molecule has 1 atom stereocenters. The lowest BCUT2D eigenvalue weighted by Gasteiger charge is -2.19. The minimum absolute atomic E-state index is 0.0531. The van der Waals surface area contributed by atoms with Crippen molar-refractivity contribution < 1.29 is 4.74 Å². The Balaban J connectivity index is 1.86. The molecule has 0 spiro atoms. The quantitative estimate of drug-likeness (QED) is 0.662. The molecule has 2 nitrogen and oxygen atoms in total. The largest absolute Gasteiger partial charge is 0.470 e. The van der Waals surface area contributed by atoms with Crippen LogP contribution in [0.1, 0.15) is 13.2 Å². The molecule has 2 aromatic carbocycles. The monoisotopic (exact) mass is 263 g/mol. The fourth-order valence-corrected chi connectivity index (χ4v) is 2.32. The minimum Gasteiger partial charge on any atom is -0.470 e. The Hall–Kier alpha value is -2.48. The topological polar surface area (TPSA) is 14.2 Å². The van der Waals surface area contributed by atoms with Crippen molar-refractivity contribution in [1.29, 1.82) is 0 Å². The molecule has 0 amide bonds. The number of rotatable bonds is 4. The fraction of sp³-hybridized carbons (Fsp3) is 0.111. The molecule has 0 radical (unpaired) electrons. The third-order valence-corrected chi connectivity index (χ3v) is 3.29. The predicted molar refractivity (Wildman–Crippen MR) is 81.6 cm³/mol. The summed E-state index contributed by atoms with van der Waals surface area (Å²) in [5.41, 5.74) is 2.36. The van der Waals surface area contributed by atoms with Crippen molar-refractivity contribution in [1.82, 2.24) is 4.57 Å². The van der Waals surface area contributed by atoms with Gasteiger partial charge in [-0.2, -0.15) is 0 Å². The maximum absolute atomic E-state index is 5.98. The lowest BCUT2D eigenvalue weighted by molar-refractivity contribution is 0.155. The van der Waals surface area contributed by atoms with E-state index in [-0.39, 0.29) is 6.23 Å². The van der Waals surface area contributed by atoms with Crippen molar-refractivity contribution in [2.45, 2.75) is 13.2 Å². The first-order valence-electron chi connectivity index (χ1n) is 6.78. The average Bonchev–Trinajstić information content (AvgIpc) is 2.99. The van der Waals surface area contributed by atoms with Crippen LogP contribution in [0.15, 0.2) is 79.0 Å². The van der Waals surface area contributed by atoms with E-state index in [0.717, 1.165) is 11.4 Å². The van der Waals surface area contributed by atoms with Crippen LogP contribution in [-0.2, 0) is 0 Å². The standard InChI is InChI=1S/C18H17NO/c1-15(20-17-11-6-3-7-12-17)19-14-8-13-18(19)16-9-4-2-5-10-16/h2-15H,1H3/t15-/m1/s1. The molecule has 0 aliphatic carbocycles. The highest BCUT2D eigenvalue weighted by Crippen LogP contribution is 2.25. The number of nitrogens with zero attached hydrogens (tertiary/aromatic N) is 1. The predicted octanol–water partition coefficient (Wildman–Crippen LogP) is 4.75. The highest BCUT2D eigenvalue weighted by molar-refractivity contribution is 5.59. The Morgan fingerprint density at radius 1 is 0.800 bits per heavy atom. The van der Waals surface area contributed by atoms with Gasteiger partial charge in [0.1, 0.15) is 5.75 Å². The first kappa shape index (κ1) is 12.5. The fourth-order valence-electron chi connectivity index (χ4n) is 2.32. The zero-order valence-corrected chi connectivity index (χ0v) is 11.4. The van der Waals surface area contributed by atoms with Crippen LogP contribution in [0.4, 0.5) is 0 Å². The van der Waals surface area contributed by atoms with Crippen LogP contribution in [0.5, 0.6) is 5.75 Å². The van der Waals surface area contributed by atoms with Crippen LogP contribution in [0.3, 0.4) is 0 Å². The number of aromatic nitrogens is 1. The van der Waals surface area contributed by atoms with Crippen LogP contribution >= 0.6 is 0 Å². The van der Waals surface area contributed by atoms with Gasteiger partial charge in [0.05, 0.1) is 5.69 Å². The van der Waals surface area contributed by atoms with Gasteiger partial charge in [-0.15, -0.1) is 0 Å². The van der Waals surface area contributed by atoms with E-state index < -0.39 is 0 Å². The number of ether oxygens (including phenoxy) is 1. The van der Waals surface area contributed by atoms with Crippen molar-refractivity contribution in [3.8, 4) is 17.0 Å². The average molecular weight is 263 g/mol. The van der Waals surface area contributed by atoms with E-state index in [1.54, 1.807) is 0 Å². The van der Waals surface area contributed by atoms with E-state index in [0.29, 0.717) is 0 Å². The first-order chi connectivity index (χ1) is 9.84. The van der Waals surface area contributed by atoms with Crippen molar-refractivity contribution in [2.75, 3.05) is 0 Å². The second kappa shape index (κ2) is 5.66. The van der Waals surface area contributed by atoms with E-state index in [2.05, 4.69) is 48.0 Å². The summed E-state index contributed by atoms with van der Waals surface area (Å²) >= 11 is 0. The molecule has 0 aliphatic heterocycles. The van der Waals surface area contributed by atoms with Crippen LogP contribution < -0.4 is 4.74 Å². The van der Waals surface area contributed by atoms with Gasteiger partial charge in [0.15, 0.2) is 6.23 Å². The second-order valence-electron chi connectivity index (χ2n) is 4.70. The maximum atomic E-state index is 5.98. The van der Waals surface area contributed by atoms with Crippen molar-refractivity contribution in [3.63, 3.8) is 0 Å². The highest BCUT2D eigenvalue weighted by Gasteiger charge is 2.11. The van der Waals surface area contributed by atoms with Crippen molar-refractivity contribution >= 4 is 0 Å². The van der Waals surface area contributed by atoms with Gasteiger partial charge in [-0.3, -0.25) is 0 Å². The summed E-state index contributed by atoms with van der Waals surface area (Å²) in [6.07, 6.45) is 2.00. The molecule has 0 bridgehead atoms. The molecule has 3 aromatic rings.